The van der Waals surface area contributed by atoms with Gasteiger partial charge in [-0.05, 0) is 36.2 Å². The summed E-state index contributed by atoms with van der Waals surface area (Å²) in [5.74, 6) is 0.845. The maximum Gasteiger partial charge on any atom is 0.244 e. The van der Waals surface area contributed by atoms with Crippen LogP contribution in [0, 0.1) is 0 Å². The monoisotopic (exact) mass is 428 g/mol. The highest BCUT2D eigenvalue weighted by molar-refractivity contribution is 7.89. The van der Waals surface area contributed by atoms with E-state index in [9.17, 15) is 8.42 Å². The lowest BCUT2D eigenvalue weighted by molar-refractivity contribution is 0.190. The fourth-order valence-corrected chi connectivity index (χ4v) is 5.25. The van der Waals surface area contributed by atoms with Gasteiger partial charge in [-0.15, -0.1) is 0 Å². The molecule has 0 unspecified atom stereocenters. The number of hydrogen-bond donors (Lipinski definition) is 0. The molecule has 5 nitrogen and oxygen atoms in total. The van der Waals surface area contributed by atoms with Gasteiger partial charge in [0.2, 0.25) is 10.0 Å². The van der Waals surface area contributed by atoms with Crippen molar-refractivity contribution in [2.45, 2.75) is 11.3 Å². The predicted octanol–water partition coefficient (Wildman–Crippen LogP) is 3.55. The van der Waals surface area contributed by atoms with E-state index in [1.807, 2.05) is 12.1 Å². The first kappa shape index (κ1) is 20.4. The number of ether oxygens (including phenoxy) is 1. The first-order chi connectivity index (χ1) is 12.9. The largest absolute Gasteiger partial charge is 0.497 e. The molecule has 0 radical (unpaired) electrons. The van der Waals surface area contributed by atoms with Crippen LogP contribution in [0.25, 0.3) is 0 Å². The standard InChI is InChI=1S/C19H22Cl2N2O3S/c1-26-16-7-5-15(6-8-16)9-10-22-11-13-23(14-12-22)27(24,25)18-4-2-3-17(20)19(18)21/h2-8H,9-14H2,1H3. The maximum absolute atomic E-state index is 12.9. The minimum Gasteiger partial charge on any atom is -0.497 e. The summed E-state index contributed by atoms with van der Waals surface area (Å²) in [5, 5.41) is 0.331. The molecular weight excluding hydrogens is 407 g/mol. The van der Waals surface area contributed by atoms with Gasteiger partial charge in [0.15, 0.2) is 0 Å². The van der Waals surface area contributed by atoms with Gasteiger partial charge in [0, 0.05) is 32.7 Å². The van der Waals surface area contributed by atoms with Gasteiger partial charge < -0.3 is 9.64 Å². The fraction of sp³-hybridized carbons (Fsp3) is 0.368. The molecule has 8 heteroatoms. The lowest BCUT2D eigenvalue weighted by Gasteiger charge is -2.34. The van der Waals surface area contributed by atoms with Crippen LogP contribution in [0.1, 0.15) is 5.56 Å². The highest BCUT2D eigenvalue weighted by Gasteiger charge is 2.30. The lowest BCUT2D eigenvalue weighted by atomic mass is 10.1. The molecule has 0 aromatic heterocycles. The lowest BCUT2D eigenvalue weighted by Crippen LogP contribution is -2.49. The Morgan fingerprint density at radius 1 is 1.00 bits per heavy atom. The minimum atomic E-state index is -3.64. The van der Waals surface area contributed by atoms with Gasteiger partial charge >= 0.3 is 0 Å². The first-order valence-electron chi connectivity index (χ1n) is 8.71. The Bertz CT molecular complexity index is 880. The van der Waals surface area contributed by atoms with Crippen LogP contribution in [0.3, 0.4) is 0 Å². The predicted molar refractivity (Wildman–Crippen MR) is 108 cm³/mol. The first-order valence-corrected chi connectivity index (χ1v) is 10.9. The van der Waals surface area contributed by atoms with E-state index >= 15 is 0 Å². The number of nitrogens with zero attached hydrogens (tertiary/aromatic N) is 2. The third-order valence-electron chi connectivity index (χ3n) is 4.74. The molecular formula is C19H22Cl2N2O3S. The molecule has 0 saturated carbocycles. The van der Waals surface area contributed by atoms with E-state index in [0.717, 1.165) is 18.7 Å². The average molecular weight is 429 g/mol. The van der Waals surface area contributed by atoms with E-state index in [0.29, 0.717) is 26.2 Å². The zero-order valence-electron chi connectivity index (χ0n) is 15.1. The van der Waals surface area contributed by atoms with Crippen molar-refractivity contribution < 1.29 is 13.2 Å². The SMILES string of the molecule is COc1ccc(CCN2CCN(S(=O)(=O)c3cccc(Cl)c3Cl)CC2)cc1. The van der Waals surface area contributed by atoms with Crippen LogP contribution in [0.2, 0.25) is 10.0 Å². The van der Waals surface area contributed by atoms with Crippen LogP contribution in [-0.2, 0) is 16.4 Å². The van der Waals surface area contributed by atoms with Crippen LogP contribution < -0.4 is 4.74 Å². The summed E-state index contributed by atoms with van der Waals surface area (Å²) in [6.07, 6.45) is 0.914. The molecule has 27 heavy (non-hydrogen) atoms. The summed E-state index contributed by atoms with van der Waals surface area (Å²) >= 11 is 12.1. The van der Waals surface area contributed by atoms with Crippen molar-refractivity contribution in [1.82, 2.24) is 9.21 Å². The Morgan fingerprint density at radius 3 is 2.30 bits per heavy atom. The van der Waals surface area contributed by atoms with Gasteiger partial charge in [0.1, 0.15) is 10.6 Å². The molecule has 1 fully saturated rings. The highest BCUT2D eigenvalue weighted by Crippen LogP contribution is 2.31. The average Bonchev–Trinajstić information content (AvgIpc) is 2.69. The minimum absolute atomic E-state index is 0.0725. The van der Waals surface area contributed by atoms with Crippen molar-refractivity contribution in [2.24, 2.45) is 0 Å². The van der Waals surface area contributed by atoms with Gasteiger partial charge in [-0.1, -0.05) is 41.4 Å². The van der Waals surface area contributed by atoms with E-state index in [2.05, 4.69) is 17.0 Å². The Balaban J connectivity index is 1.57. The van der Waals surface area contributed by atoms with Gasteiger partial charge in [-0.25, -0.2) is 8.42 Å². The Morgan fingerprint density at radius 2 is 1.67 bits per heavy atom. The second kappa shape index (κ2) is 8.80. The molecule has 0 amide bonds. The van der Waals surface area contributed by atoms with Crippen molar-refractivity contribution in [1.29, 1.82) is 0 Å². The summed E-state index contributed by atoms with van der Waals surface area (Å²) in [5.41, 5.74) is 1.23. The van der Waals surface area contributed by atoms with E-state index in [-0.39, 0.29) is 14.9 Å². The number of rotatable bonds is 6. The molecule has 2 aromatic carbocycles. The number of methoxy groups -OCH3 is 1. The van der Waals surface area contributed by atoms with E-state index in [4.69, 9.17) is 27.9 Å². The van der Waals surface area contributed by atoms with Crippen molar-refractivity contribution >= 4 is 33.2 Å². The van der Waals surface area contributed by atoms with Crippen molar-refractivity contribution in [2.75, 3.05) is 39.8 Å². The summed E-state index contributed by atoms with van der Waals surface area (Å²) in [7, 11) is -1.99. The molecule has 146 valence electrons. The summed E-state index contributed by atoms with van der Waals surface area (Å²) in [4.78, 5) is 2.35. The number of hydrogen-bond acceptors (Lipinski definition) is 4. The second-order valence-electron chi connectivity index (χ2n) is 6.40. The summed E-state index contributed by atoms with van der Waals surface area (Å²) in [6.45, 7) is 3.14. The summed E-state index contributed by atoms with van der Waals surface area (Å²) in [6, 6.07) is 12.7. The van der Waals surface area contributed by atoms with Gasteiger partial charge in [-0.2, -0.15) is 4.31 Å². The van der Waals surface area contributed by atoms with Crippen molar-refractivity contribution in [3.05, 3.63) is 58.1 Å². The molecule has 1 aliphatic heterocycles. The Kier molecular flexibility index (Phi) is 6.65. The second-order valence-corrected chi connectivity index (χ2v) is 9.09. The number of halogens is 2. The third-order valence-corrected chi connectivity index (χ3v) is 7.61. The molecule has 3 rings (SSSR count). The van der Waals surface area contributed by atoms with Gasteiger partial charge in [-0.3, -0.25) is 0 Å². The van der Waals surface area contributed by atoms with Gasteiger partial charge in [0.05, 0.1) is 17.2 Å². The molecule has 2 aromatic rings. The molecule has 0 N–H and O–H groups in total. The fourth-order valence-electron chi connectivity index (χ4n) is 3.10. The van der Waals surface area contributed by atoms with Crippen LogP contribution in [-0.4, -0.2) is 57.5 Å². The number of sulfonamides is 1. The molecule has 1 saturated heterocycles. The maximum atomic E-state index is 12.9. The smallest absolute Gasteiger partial charge is 0.244 e. The van der Waals surface area contributed by atoms with Crippen LogP contribution >= 0.6 is 23.2 Å². The van der Waals surface area contributed by atoms with Gasteiger partial charge in [0.25, 0.3) is 0 Å². The van der Waals surface area contributed by atoms with Crippen molar-refractivity contribution in [3.8, 4) is 5.75 Å². The number of piperazine rings is 1. The summed E-state index contributed by atoms with van der Waals surface area (Å²) < 4.78 is 32.4. The normalized spacial score (nSPS) is 16.4. The molecule has 0 spiro atoms. The Labute approximate surface area is 170 Å². The zero-order valence-corrected chi connectivity index (χ0v) is 17.4. The third kappa shape index (κ3) is 4.76. The Hall–Kier alpha value is -1.31. The van der Waals surface area contributed by atoms with E-state index < -0.39 is 10.0 Å². The van der Waals surface area contributed by atoms with E-state index in [1.54, 1.807) is 19.2 Å². The van der Waals surface area contributed by atoms with E-state index in [1.165, 1.54) is 15.9 Å². The molecule has 1 heterocycles. The topological polar surface area (TPSA) is 49.9 Å². The van der Waals surface area contributed by atoms with Crippen LogP contribution in [0.15, 0.2) is 47.4 Å². The molecule has 0 aliphatic carbocycles. The van der Waals surface area contributed by atoms with Crippen molar-refractivity contribution in [3.63, 3.8) is 0 Å². The zero-order chi connectivity index (χ0) is 19.4. The molecule has 0 atom stereocenters. The molecule has 1 aliphatic rings. The molecule has 0 bridgehead atoms. The van der Waals surface area contributed by atoms with Crippen LogP contribution in [0.5, 0.6) is 5.75 Å². The highest BCUT2D eigenvalue weighted by atomic mass is 35.5. The quantitative estimate of drug-likeness (QED) is 0.705. The number of benzene rings is 2. The van der Waals surface area contributed by atoms with Crippen LogP contribution in [0.4, 0.5) is 0 Å².